The monoisotopic (exact) mass is 339 g/mol. The van der Waals surface area contributed by atoms with Gasteiger partial charge in [-0.15, -0.1) is 0 Å². The van der Waals surface area contributed by atoms with Crippen LogP contribution in [0.5, 0.6) is 11.5 Å². The second-order valence-electron chi connectivity index (χ2n) is 6.11. The smallest absolute Gasteiger partial charge is 0.258 e. The van der Waals surface area contributed by atoms with Gasteiger partial charge in [-0.3, -0.25) is 4.79 Å². The van der Waals surface area contributed by atoms with Gasteiger partial charge in [0.05, 0.1) is 16.6 Å². The number of rotatable bonds is 3. The molecule has 0 saturated heterocycles. The molecular weight excluding hydrogens is 322 g/mol. The maximum atomic E-state index is 13.0. The maximum Gasteiger partial charge on any atom is 0.258 e. The summed E-state index contributed by atoms with van der Waals surface area (Å²) in [5.41, 5.74) is 3.26. The molecule has 0 spiro atoms. The molecule has 0 radical (unpaired) electrons. The largest absolute Gasteiger partial charge is 0.454 e. The van der Waals surface area contributed by atoms with Crippen LogP contribution >= 0.6 is 0 Å². The van der Waals surface area contributed by atoms with E-state index in [4.69, 9.17) is 14.0 Å². The minimum atomic E-state index is -0.112. The molecule has 2 aromatic heterocycles. The van der Waals surface area contributed by atoms with Gasteiger partial charge in [0, 0.05) is 19.3 Å². The first-order valence-electron chi connectivity index (χ1n) is 7.90. The maximum absolute atomic E-state index is 13.0. The van der Waals surface area contributed by atoms with E-state index in [1.165, 1.54) is 0 Å². The van der Waals surface area contributed by atoms with Crippen LogP contribution in [0.4, 0.5) is 0 Å². The number of hydrogen-bond acceptors (Lipinski definition) is 6. The number of amides is 1. The predicted molar refractivity (Wildman–Crippen MR) is 89.6 cm³/mol. The molecule has 7 heteroatoms. The number of aryl methyl sites for hydroxylation is 2. The van der Waals surface area contributed by atoms with E-state index >= 15 is 0 Å². The Morgan fingerprint density at radius 1 is 1.20 bits per heavy atom. The summed E-state index contributed by atoms with van der Waals surface area (Å²) in [4.78, 5) is 18.9. The number of pyridine rings is 1. The lowest BCUT2D eigenvalue weighted by molar-refractivity contribution is 0.0786. The minimum Gasteiger partial charge on any atom is -0.454 e. The summed E-state index contributed by atoms with van der Waals surface area (Å²) in [7, 11) is 1.76. The van der Waals surface area contributed by atoms with Crippen LogP contribution in [0.25, 0.3) is 11.1 Å². The van der Waals surface area contributed by atoms with Crippen LogP contribution in [0.3, 0.4) is 0 Å². The Morgan fingerprint density at radius 2 is 2.00 bits per heavy atom. The van der Waals surface area contributed by atoms with E-state index in [-0.39, 0.29) is 12.7 Å². The number of ether oxygens (including phenoxy) is 2. The Kier molecular flexibility index (Phi) is 3.56. The number of carbonyl (C=O) groups excluding carboxylic acids is 1. The molecule has 0 saturated carbocycles. The molecule has 0 unspecified atom stereocenters. The van der Waals surface area contributed by atoms with E-state index in [2.05, 4.69) is 10.1 Å². The Balaban J connectivity index is 1.63. The topological polar surface area (TPSA) is 77.7 Å². The minimum absolute atomic E-state index is 0.112. The van der Waals surface area contributed by atoms with Crippen molar-refractivity contribution in [3.05, 3.63) is 46.8 Å². The number of fused-ring (bicyclic) bond motifs is 2. The van der Waals surface area contributed by atoms with E-state index in [1.54, 1.807) is 24.9 Å². The fourth-order valence-corrected chi connectivity index (χ4v) is 2.98. The second kappa shape index (κ2) is 5.77. The number of aromatic nitrogens is 2. The number of carbonyl (C=O) groups is 1. The number of nitrogens with zero attached hydrogens (tertiary/aromatic N) is 3. The average molecular weight is 339 g/mol. The van der Waals surface area contributed by atoms with Crippen molar-refractivity contribution in [3.63, 3.8) is 0 Å². The first-order chi connectivity index (χ1) is 12.0. The van der Waals surface area contributed by atoms with Crippen molar-refractivity contribution in [2.45, 2.75) is 20.4 Å². The third-order valence-corrected chi connectivity index (χ3v) is 4.18. The highest BCUT2D eigenvalue weighted by Gasteiger charge is 2.21. The lowest BCUT2D eigenvalue weighted by atomic mass is 10.1. The number of hydrogen-bond donors (Lipinski definition) is 0. The van der Waals surface area contributed by atoms with Gasteiger partial charge in [-0.2, -0.15) is 0 Å². The summed E-state index contributed by atoms with van der Waals surface area (Å²) in [5, 5.41) is 4.58. The van der Waals surface area contributed by atoms with Crippen molar-refractivity contribution in [2.24, 2.45) is 0 Å². The van der Waals surface area contributed by atoms with Crippen LogP contribution in [0.2, 0.25) is 0 Å². The van der Waals surface area contributed by atoms with Gasteiger partial charge < -0.3 is 18.9 Å². The molecule has 1 aromatic carbocycles. The molecule has 0 N–H and O–H groups in total. The van der Waals surface area contributed by atoms with Gasteiger partial charge in [0.2, 0.25) is 6.79 Å². The van der Waals surface area contributed by atoms with Crippen LogP contribution < -0.4 is 9.47 Å². The lowest BCUT2D eigenvalue weighted by Crippen LogP contribution is -2.26. The Labute approximate surface area is 144 Å². The van der Waals surface area contributed by atoms with Gasteiger partial charge in [0.25, 0.3) is 11.6 Å². The van der Waals surface area contributed by atoms with Gasteiger partial charge in [0.15, 0.2) is 11.5 Å². The molecule has 0 aliphatic carbocycles. The van der Waals surface area contributed by atoms with Gasteiger partial charge >= 0.3 is 0 Å². The molecule has 3 heterocycles. The summed E-state index contributed by atoms with van der Waals surface area (Å²) in [6, 6.07) is 7.44. The van der Waals surface area contributed by atoms with E-state index in [9.17, 15) is 4.79 Å². The standard InChI is InChI=1S/C18H17N3O4/c1-10-6-13(16-11(2)20-25-17(16)19-10)18(22)21(3)8-12-4-5-14-15(7-12)24-9-23-14/h4-7H,8-9H2,1-3H3. The Hall–Kier alpha value is -3.09. The van der Waals surface area contributed by atoms with Crippen molar-refractivity contribution in [2.75, 3.05) is 13.8 Å². The molecule has 1 aliphatic heterocycles. The summed E-state index contributed by atoms with van der Waals surface area (Å²) in [5.74, 6) is 1.32. The molecular formula is C18H17N3O4. The quantitative estimate of drug-likeness (QED) is 0.730. The van der Waals surface area contributed by atoms with Crippen molar-refractivity contribution in [1.82, 2.24) is 15.0 Å². The Bertz CT molecular complexity index is 980. The third kappa shape index (κ3) is 2.67. The van der Waals surface area contributed by atoms with Gasteiger partial charge in [-0.05, 0) is 37.6 Å². The predicted octanol–water partition coefficient (Wildman–Crippen LogP) is 2.84. The molecule has 1 amide bonds. The van der Waals surface area contributed by atoms with Crippen molar-refractivity contribution in [1.29, 1.82) is 0 Å². The molecule has 1 aliphatic rings. The molecule has 4 rings (SSSR count). The highest BCUT2D eigenvalue weighted by molar-refractivity contribution is 6.05. The molecule has 0 atom stereocenters. The summed E-state index contributed by atoms with van der Waals surface area (Å²) in [6.45, 7) is 4.31. The van der Waals surface area contributed by atoms with Crippen molar-refractivity contribution in [3.8, 4) is 11.5 Å². The first kappa shape index (κ1) is 15.4. The molecule has 7 nitrogen and oxygen atoms in total. The van der Waals surface area contributed by atoms with Gasteiger partial charge in [0.1, 0.15) is 0 Å². The van der Waals surface area contributed by atoms with Crippen LogP contribution in [0.1, 0.15) is 27.3 Å². The fraction of sp³-hybridized carbons (Fsp3) is 0.278. The van der Waals surface area contributed by atoms with E-state index in [0.717, 1.165) is 11.3 Å². The number of benzene rings is 1. The van der Waals surface area contributed by atoms with Crippen molar-refractivity contribution < 1.29 is 18.8 Å². The molecule has 0 bridgehead atoms. The van der Waals surface area contributed by atoms with Crippen LogP contribution in [0.15, 0.2) is 28.8 Å². The van der Waals surface area contributed by atoms with E-state index in [0.29, 0.717) is 40.3 Å². The third-order valence-electron chi connectivity index (χ3n) is 4.18. The van der Waals surface area contributed by atoms with Gasteiger partial charge in [-0.1, -0.05) is 11.2 Å². The molecule has 3 aromatic rings. The molecule has 25 heavy (non-hydrogen) atoms. The van der Waals surface area contributed by atoms with Crippen LogP contribution in [-0.2, 0) is 6.54 Å². The zero-order chi connectivity index (χ0) is 17.6. The van der Waals surface area contributed by atoms with Gasteiger partial charge in [-0.25, -0.2) is 4.98 Å². The highest BCUT2D eigenvalue weighted by atomic mass is 16.7. The molecule has 128 valence electrons. The summed E-state index contributed by atoms with van der Waals surface area (Å²) in [6.07, 6.45) is 0. The molecule has 0 fully saturated rings. The summed E-state index contributed by atoms with van der Waals surface area (Å²) >= 11 is 0. The lowest BCUT2D eigenvalue weighted by Gasteiger charge is -2.18. The fourth-order valence-electron chi connectivity index (χ4n) is 2.98. The summed E-state index contributed by atoms with van der Waals surface area (Å²) < 4.78 is 15.9. The first-order valence-corrected chi connectivity index (χ1v) is 7.90. The van der Waals surface area contributed by atoms with Crippen molar-refractivity contribution >= 4 is 17.0 Å². The SMILES string of the molecule is Cc1cc(C(=O)N(C)Cc2ccc3c(c2)OCO3)c2c(C)noc2n1. The second-order valence-corrected chi connectivity index (χ2v) is 6.11. The van der Waals surface area contributed by atoms with Crippen LogP contribution in [-0.4, -0.2) is 34.8 Å². The average Bonchev–Trinajstić information content (AvgIpc) is 3.19. The van der Waals surface area contributed by atoms with Crippen LogP contribution in [0, 0.1) is 13.8 Å². The zero-order valence-electron chi connectivity index (χ0n) is 14.2. The van der Waals surface area contributed by atoms with E-state index in [1.807, 2.05) is 25.1 Å². The zero-order valence-corrected chi connectivity index (χ0v) is 14.2. The highest BCUT2D eigenvalue weighted by Crippen LogP contribution is 2.33. The Morgan fingerprint density at radius 3 is 2.84 bits per heavy atom. The van der Waals surface area contributed by atoms with E-state index < -0.39 is 0 Å². The normalized spacial score (nSPS) is 12.6.